The summed E-state index contributed by atoms with van der Waals surface area (Å²) in [4.78, 5) is 15.1. The molecular weight excluding hydrogens is 462 g/mol. The molecule has 7 nitrogen and oxygen atoms in total. The van der Waals surface area contributed by atoms with Crippen molar-refractivity contribution in [3.05, 3.63) is 77.4 Å². The SMILES string of the molecule is Cc1sc2ncnc(Nc3ccc(S(=O)(=O)Nc4nccs4)cc3)c2c1-c1ccccc1. The Balaban J connectivity index is 1.48. The summed E-state index contributed by atoms with van der Waals surface area (Å²) >= 11 is 2.85. The van der Waals surface area contributed by atoms with Gasteiger partial charge in [-0.15, -0.1) is 22.7 Å². The first kappa shape index (κ1) is 20.6. The second kappa shape index (κ2) is 8.30. The largest absolute Gasteiger partial charge is 0.340 e. The Kier molecular flexibility index (Phi) is 5.33. The molecule has 3 heterocycles. The van der Waals surface area contributed by atoms with Crippen LogP contribution in [0.5, 0.6) is 0 Å². The minimum Gasteiger partial charge on any atom is -0.340 e. The number of thiophene rings is 1. The van der Waals surface area contributed by atoms with E-state index in [-0.39, 0.29) is 4.90 Å². The molecule has 0 atom stereocenters. The number of nitrogens with one attached hydrogen (secondary N) is 2. The predicted octanol–water partition coefficient (Wildman–Crippen LogP) is 5.67. The van der Waals surface area contributed by atoms with Crippen LogP contribution in [0, 0.1) is 6.92 Å². The van der Waals surface area contributed by atoms with E-state index in [2.05, 4.69) is 44.0 Å². The molecule has 0 spiro atoms. The van der Waals surface area contributed by atoms with Gasteiger partial charge in [-0.3, -0.25) is 4.72 Å². The molecule has 0 fully saturated rings. The van der Waals surface area contributed by atoms with Crippen LogP contribution in [0.15, 0.2) is 77.4 Å². The number of hydrogen-bond donors (Lipinski definition) is 2. The Bertz CT molecular complexity index is 1480. The number of thiazole rings is 1. The normalized spacial score (nSPS) is 11.5. The lowest BCUT2D eigenvalue weighted by atomic mass is 10.0. The summed E-state index contributed by atoms with van der Waals surface area (Å²) in [6, 6.07) is 16.7. The topological polar surface area (TPSA) is 96.9 Å². The Morgan fingerprint density at radius 2 is 1.72 bits per heavy atom. The van der Waals surface area contributed by atoms with Crippen LogP contribution < -0.4 is 10.0 Å². The van der Waals surface area contributed by atoms with Crippen LogP contribution in [0.25, 0.3) is 21.3 Å². The number of fused-ring (bicyclic) bond motifs is 1. The summed E-state index contributed by atoms with van der Waals surface area (Å²) in [5, 5.41) is 6.31. The Morgan fingerprint density at radius 3 is 2.44 bits per heavy atom. The summed E-state index contributed by atoms with van der Waals surface area (Å²) in [5.74, 6) is 0.676. The van der Waals surface area contributed by atoms with Crippen molar-refractivity contribution >= 4 is 59.6 Å². The first-order valence-corrected chi connectivity index (χ1v) is 12.8. The van der Waals surface area contributed by atoms with E-state index in [0.717, 1.165) is 31.9 Å². The van der Waals surface area contributed by atoms with Crippen LogP contribution in [-0.2, 0) is 10.0 Å². The molecule has 0 aliphatic carbocycles. The molecule has 0 saturated carbocycles. The molecule has 3 aromatic heterocycles. The number of rotatable bonds is 6. The molecule has 0 aliphatic rings. The van der Waals surface area contributed by atoms with Gasteiger partial charge in [0.1, 0.15) is 17.0 Å². The number of anilines is 3. The van der Waals surface area contributed by atoms with Crippen molar-refractivity contribution in [1.82, 2.24) is 15.0 Å². The fourth-order valence-corrected chi connectivity index (χ4v) is 6.19. The van der Waals surface area contributed by atoms with Gasteiger partial charge in [-0.2, -0.15) is 0 Å². The van der Waals surface area contributed by atoms with E-state index < -0.39 is 10.0 Å². The van der Waals surface area contributed by atoms with Gasteiger partial charge in [0.05, 0.1) is 10.3 Å². The van der Waals surface area contributed by atoms with E-state index >= 15 is 0 Å². The Morgan fingerprint density at radius 1 is 0.938 bits per heavy atom. The molecule has 0 unspecified atom stereocenters. The van der Waals surface area contributed by atoms with Gasteiger partial charge in [-0.1, -0.05) is 30.3 Å². The van der Waals surface area contributed by atoms with Crippen LogP contribution in [0.3, 0.4) is 0 Å². The van der Waals surface area contributed by atoms with Gasteiger partial charge in [0, 0.05) is 27.7 Å². The lowest BCUT2D eigenvalue weighted by Gasteiger charge is -2.10. The zero-order valence-corrected chi connectivity index (χ0v) is 19.3. The highest BCUT2D eigenvalue weighted by Crippen LogP contribution is 2.40. The minimum absolute atomic E-state index is 0.155. The van der Waals surface area contributed by atoms with E-state index in [1.54, 1.807) is 47.2 Å². The highest BCUT2D eigenvalue weighted by Gasteiger charge is 2.18. The van der Waals surface area contributed by atoms with Crippen LogP contribution >= 0.6 is 22.7 Å². The van der Waals surface area contributed by atoms with E-state index in [4.69, 9.17) is 0 Å². The smallest absolute Gasteiger partial charge is 0.263 e. The van der Waals surface area contributed by atoms with Crippen molar-refractivity contribution in [2.45, 2.75) is 11.8 Å². The van der Waals surface area contributed by atoms with E-state index in [1.807, 2.05) is 18.2 Å². The van der Waals surface area contributed by atoms with Gasteiger partial charge in [0.15, 0.2) is 5.13 Å². The molecule has 2 aromatic carbocycles. The molecule has 10 heteroatoms. The average molecular weight is 480 g/mol. The minimum atomic E-state index is -3.70. The van der Waals surface area contributed by atoms with Crippen molar-refractivity contribution in [2.75, 3.05) is 10.0 Å². The lowest BCUT2D eigenvalue weighted by molar-refractivity contribution is 0.601. The molecule has 2 N–H and O–H groups in total. The van der Waals surface area contributed by atoms with Gasteiger partial charge in [-0.25, -0.2) is 23.4 Å². The van der Waals surface area contributed by atoms with E-state index in [9.17, 15) is 8.42 Å². The fraction of sp³-hybridized carbons (Fsp3) is 0.0455. The molecule has 32 heavy (non-hydrogen) atoms. The maximum atomic E-state index is 12.6. The summed E-state index contributed by atoms with van der Waals surface area (Å²) in [5.41, 5.74) is 2.92. The van der Waals surface area contributed by atoms with Gasteiger partial charge < -0.3 is 5.32 Å². The van der Waals surface area contributed by atoms with Crippen molar-refractivity contribution in [2.24, 2.45) is 0 Å². The van der Waals surface area contributed by atoms with Crippen LogP contribution in [0.4, 0.5) is 16.6 Å². The number of benzene rings is 2. The average Bonchev–Trinajstić information content (AvgIpc) is 3.41. The van der Waals surface area contributed by atoms with E-state index in [0.29, 0.717) is 10.9 Å². The lowest BCUT2D eigenvalue weighted by Crippen LogP contribution is -2.12. The summed E-state index contributed by atoms with van der Waals surface area (Å²) < 4.78 is 27.6. The molecular formula is C22H17N5O2S3. The predicted molar refractivity (Wildman–Crippen MR) is 130 cm³/mol. The first-order valence-electron chi connectivity index (χ1n) is 9.60. The zero-order valence-electron chi connectivity index (χ0n) is 16.8. The molecule has 5 rings (SSSR count). The molecule has 0 amide bonds. The summed E-state index contributed by atoms with van der Waals surface area (Å²) in [7, 11) is -3.70. The van der Waals surface area contributed by atoms with Gasteiger partial charge in [0.2, 0.25) is 0 Å². The maximum Gasteiger partial charge on any atom is 0.263 e. The monoisotopic (exact) mass is 479 g/mol. The fourth-order valence-electron chi connectivity index (χ4n) is 3.39. The zero-order chi connectivity index (χ0) is 22.1. The van der Waals surface area contributed by atoms with Gasteiger partial charge in [-0.05, 0) is 36.8 Å². The highest BCUT2D eigenvalue weighted by atomic mass is 32.2. The van der Waals surface area contributed by atoms with Gasteiger partial charge >= 0.3 is 0 Å². The van der Waals surface area contributed by atoms with Crippen molar-refractivity contribution in [1.29, 1.82) is 0 Å². The van der Waals surface area contributed by atoms with Crippen molar-refractivity contribution in [3.63, 3.8) is 0 Å². The number of aromatic nitrogens is 3. The number of sulfonamides is 1. The molecule has 0 saturated heterocycles. The number of aryl methyl sites for hydroxylation is 1. The quantitative estimate of drug-likeness (QED) is 0.326. The maximum absolute atomic E-state index is 12.6. The van der Waals surface area contributed by atoms with Crippen LogP contribution in [-0.4, -0.2) is 23.4 Å². The Labute approximate surface area is 192 Å². The Hall–Kier alpha value is -3.34. The first-order chi connectivity index (χ1) is 15.5. The third-order valence-corrected chi connectivity index (χ3v) is 7.99. The molecule has 0 bridgehead atoms. The molecule has 160 valence electrons. The van der Waals surface area contributed by atoms with Crippen LogP contribution in [0.2, 0.25) is 0 Å². The van der Waals surface area contributed by atoms with E-state index in [1.165, 1.54) is 17.7 Å². The van der Waals surface area contributed by atoms with Gasteiger partial charge in [0.25, 0.3) is 10.0 Å². The summed E-state index contributed by atoms with van der Waals surface area (Å²) in [6.45, 7) is 2.08. The second-order valence-corrected chi connectivity index (χ2v) is 10.7. The number of nitrogens with zero attached hydrogens (tertiary/aromatic N) is 3. The standard InChI is InChI=1S/C22H17N5O2S3/c1-14-18(15-5-3-2-4-6-15)19-20(24-13-25-21(19)31-14)26-16-7-9-17(10-8-16)32(28,29)27-22-23-11-12-30-22/h2-13H,1H3,(H,23,27)(H,24,25,26). The van der Waals surface area contributed by atoms with Crippen LogP contribution in [0.1, 0.15) is 4.88 Å². The van der Waals surface area contributed by atoms with Crippen molar-refractivity contribution < 1.29 is 8.42 Å². The molecule has 0 aliphatic heterocycles. The summed E-state index contributed by atoms with van der Waals surface area (Å²) in [6.07, 6.45) is 3.08. The van der Waals surface area contributed by atoms with Crippen molar-refractivity contribution in [3.8, 4) is 11.1 Å². The molecule has 0 radical (unpaired) electrons. The third-order valence-electron chi connectivity index (χ3n) is 4.81. The third kappa shape index (κ3) is 3.95. The number of hydrogen-bond acceptors (Lipinski definition) is 8. The second-order valence-electron chi connectivity index (χ2n) is 6.89. The highest BCUT2D eigenvalue weighted by molar-refractivity contribution is 7.93. The molecule has 5 aromatic rings.